The van der Waals surface area contributed by atoms with Crippen LogP contribution in [-0.2, 0) is 28.3 Å². The molecule has 2 aromatic rings. The number of pyridine rings is 1. The zero-order valence-electron chi connectivity index (χ0n) is 15.4. The summed E-state index contributed by atoms with van der Waals surface area (Å²) in [5.74, 6) is 0.313. The molecule has 1 aliphatic rings. The number of hydrogen-bond acceptors (Lipinski definition) is 5. The Bertz CT molecular complexity index is 858. The molecule has 1 saturated heterocycles. The van der Waals surface area contributed by atoms with Gasteiger partial charge in [0, 0.05) is 57.4 Å². The zero-order valence-corrected chi connectivity index (χ0v) is 16.2. The SMILES string of the molecule is Cn1nccc1CCC(=O)NCC1CCN(S(=O)(=O)c2cccnc2)CC1. The Morgan fingerprint density at radius 2 is 2.04 bits per heavy atom. The fraction of sp³-hybridized carbons (Fsp3) is 0.500. The lowest BCUT2D eigenvalue weighted by molar-refractivity contribution is -0.121. The quantitative estimate of drug-likeness (QED) is 0.758. The first-order valence-corrected chi connectivity index (χ1v) is 10.5. The molecule has 1 aliphatic heterocycles. The Hall–Kier alpha value is -2.26. The van der Waals surface area contributed by atoms with Crippen LogP contribution in [0.2, 0.25) is 0 Å². The molecule has 9 heteroatoms. The van der Waals surface area contributed by atoms with E-state index in [0.717, 1.165) is 18.5 Å². The smallest absolute Gasteiger partial charge is 0.244 e. The van der Waals surface area contributed by atoms with Gasteiger partial charge in [-0.3, -0.25) is 14.5 Å². The second-order valence-corrected chi connectivity index (χ2v) is 8.72. The molecule has 0 radical (unpaired) electrons. The van der Waals surface area contributed by atoms with Gasteiger partial charge in [0.15, 0.2) is 0 Å². The maximum Gasteiger partial charge on any atom is 0.244 e. The van der Waals surface area contributed by atoms with E-state index in [9.17, 15) is 13.2 Å². The molecule has 3 rings (SSSR count). The van der Waals surface area contributed by atoms with Crippen molar-refractivity contribution >= 4 is 15.9 Å². The predicted molar refractivity (Wildman–Crippen MR) is 100 cm³/mol. The highest BCUT2D eigenvalue weighted by molar-refractivity contribution is 7.89. The number of aryl methyl sites for hydroxylation is 2. The second kappa shape index (κ2) is 8.62. The van der Waals surface area contributed by atoms with Crippen LogP contribution in [0.1, 0.15) is 25.0 Å². The van der Waals surface area contributed by atoms with E-state index >= 15 is 0 Å². The lowest BCUT2D eigenvalue weighted by Crippen LogP contribution is -2.41. The summed E-state index contributed by atoms with van der Waals surface area (Å²) in [7, 11) is -1.62. The number of rotatable bonds is 7. The molecule has 0 aliphatic carbocycles. The molecule has 0 unspecified atom stereocenters. The molecule has 1 fully saturated rings. The van der Waals surface area contributed by atoms with Crippen molar-refractivity contribution < 1.29 is 13.2 Å². The summed E-state index contributed by atoms with van der Waals surface area (Å²) in [5, 5.41) is 7.06. The molecule has 0 spiro atoms. The van der Waals surface area contributed by atoms with Crippen molar-refractivity contribution in [2.75, 3.05) is 19.6 Å². The van der Waals surface area contributed by atoms with Crippen molar-refractivity contribution in [3.63, 3.8) is 0 Å². The van der Waals surface area contributed by atoms with E-state index in [1.165, 1.54) is 10.5 Å². The molecule has 146 valence electrons. The van der Waals surface area contributed by atoms with E-state index in [2.05, 4.69) is 15.4 Å². The monoisotopic (exact) mass is 391 g/mol. The van der Waals surface area contributed by atoms with Crippen molar-refractivity contribution in [2.45, 2.75) is 30.6 Å². The summed E-state index contributed by atoms with van der Waals surface area (Å²) in [6.45, 7) is 1.52. The third-order valence-electron chi connectivity index (χ3n) is 4.96. The van der Waals surface area contributed by atoms with Gasteiger partial charge in [-0.1, -0.05) is 0 Å². The Labute approximate surface area is 159 Å². The van der Waals surface area contributed by atoms with Crippen LogP contribution in [0, 0.1) is 5.92 Å². The van der Waals surface area contributed by atoms with Gasteiger partial charge in [-0.05, 0) is 43.4 Å². The van der Waals surface area contributed by atoms with Crippen molar-refractivity contribution in [1.82, 2.24) is 24.4 Å². The third kappa shape index (κ3) is 4.92. The first kappa shape index (κ1) is 19.5. The summed E-state index contributed by atoms with van der Waals surface area (Å²) < 4.78 is 28.5. The largest absolute Gasteiger partial charge is 0.356 e. The van der Waals surface area contributed by atoms with Crippen molar-refractivity contribution in [2.24, 2.45) is 13.0 Å². The Balaban J connectivity index is 1.42. The molecular formula is C18H25N5O3S. The molecule has 1 amide bonds. The second-order valence-electron chi connectivity index (χ2n) is 6.79. The van der Waals surface area contributed by atoms with Gasteiger partial charge in [-0.25, -0.2) is 8.42 Å². The zero-order chi connectivity index (χ0) is 19.3. The van der Waals surface area contributed by atoms with Crippen LogP contribution in [-0.4, -0.2) is 53.0 Å². The van der Waals surface area contributed by atoms with E-state index in [1.54, 1.807) is 29.2 Å². The van der Waals surface area contributed by atoms with Crippen molar-refractivity contribution in [3.8, 4) is 0 Å². The van der Waals surface area contributed by atoms with Crippen LogP contribution < -0.4 is 5.32 Å². The Morgan fingerprint density at radius 1 is 1.26 bits per heavy atom. The number of amides is 1. The minimum atomic E-state index is -3.48. The summed E-state index contributed by atoms with van der Waals surface area (Å²) >= 11 is 0. The maximum absolute atomic E-state index is 12.6. The molecule has 8 nitrogen and oxygen atoms in total. The summed E-state index contributed by atoms with van der Waals surface area (Å²) in [6.07, 6.45) is 7.22. The van der Waals surface area contributed by atoms with E-state index in [0.29, 0.717) is 38.4 Å². The molecular weight excluding hydrogens is 366 g/mol. The van der Waals surface area contributed by atoms with E-state index in [-0.39, 0.29) is 10.8 Å². The maximum atomic E-state index is 12.6. The summed E-state index contributed by atoms with van der Waals surface area (Å²) in [6, 6.07) is 5.10. The van der Waals surface area contributed by atoms with Crippen LogP contribution in [0.4, 0.5) is 0 Å². The van der Waals surface area contributed by atoms with Crippen LogP contribution in [0.15, 0.2) is 41.7 Å². The molecule has 0 saturated carbocycles. The number of nitrogens with zero attached hydrogens (tertiary/aromatic N) is 4. The molecule has 0 atom stereocenters. The number of sulfonamides is 1. The Morgan fingerprint density at radius 3 is 2.67 bits per heavy atom. The van der Waals surface area contributed by atoms with Gasteiger partial charge in [0.05, 0.1) is 0 Å². The van der Waals surface area contributed by atoms with Gasteiger partial charge in [-0.15, -0.1) is 0 Å². The van der Waals surface area contributed by atoms with Gasteiger partial charge in [-0.2, -0.15) is 9.40 Å². The van der Waals surface area contributed by atoms with Crippen LogP contribution >= 0.6 is 0 Å². The van der Waals surface area contributed by atoms with Crippen LogP contribution in [0.5, 0.6) is 0 Å². The average Bonchev–Trinajstić information content (AvgIpc) is 3.10. The van der Waals surface area contributed by atoms with Gasteiger partial charge >= 0.3 is 0 Å². The fourth-order valence-electron chi connectivity index (χ4n) is 3.24. The molecule has 0 aromatic carbocycles. The third-order valence-corrected chi connectivity index (χ3v) is 6.85. The highest BCUT2D eigenvalue weighted by atomic mass is 32.2. The van der Waals surface area contributed by atoms with Gasteiger partial charge in [0.25, 0.3) is 0 Å². The van der Waals surface area contributed by atoms with Crippen molar-refractivity contribution in [1.29, 1.82) is 0 Å². The first-order chi connectivity index (χ1) is 13.0. The van der Waals surface area contributed by atoms with Gasteiger partial charge in [0.2, 0.25) is 15.9 Å². The van der Waals surface area contributed by atoms with Crippen molar-refractivity contribution in [3.05, 3.63) is 42.5 Å². The van der Waals surface area contributed by atoms with E-state index in [1.807, 2.05) is 13.1 Å². The Kier molecular flexibility index (Phi) is 6.22. The molecule has 3 heterocycles. The number of nitrogens with one attached hydrogen (secondary N) is 1. The summed E-state index contributed by atoms with van der Waals surface area (Å²) in [4.78, 5) is 16.2. The molecule has 0 bridgehead atoms. The minimum Gasteiger partial charge on any atom is -0.356 e. The standard InChI is InChI=1S/C18H25N5O3S/c1-22-16(6-10-21-22)4-5-18(24)20-13-15-7-11-23(12-8-15)27(25,26)17-3-2-9-19-14-17/h2-3,6,9-10,14-15H,4-5,7-8,11-13H2,1H3,(H,20,24). The van der Waals surface area contributed by atoms with Crippen LogP contribution in [0.3, 0.4) is 0 Å². The number of piperidine rings is 1. The minimum absolute atomic E-state index is 0.0154. The average molecular weight is 391 g/mol. The lowest BCUT2D eigenvalue weighted by Gasteiger charge is -2.31. The summed E-state index contributed by atoms with van der Waals surface area (Å²) in [5.41, 5.74) is 1.03. The lowest BCUT2D eigenvalue weighted by atomic mass is 9.98. The normalized spacial score (nSPS) is 16.3. The van der Waals surface area contributed by atoms with Crippen LogP contribution in [0.25, 0.3) is 0 Å². The highest BCUT2D eigenvalue weighted by Gasteiger charge is 2.29. The van der Waals surface area contributed by atoms with E-state index < -0.39 is 10.0 Å². The molecule has 2 aromatic heterocycles. The fourth-order valence-corrected chi connectivity index (χ4v) is 4.67. The number of hydrogen-bond donors (Lipinski definition) is 1. The highest BCUT2D eigenvalue weighted by Crippen LogP contribution is 2.23. The number of aromatic nitrogens is 3. The van der Waals surface area contributed by atoms with Gasteiger partial charge in [0.1, 0.15) is 4.90 Å². The first-order valence-electron chi connectivity index (χ1n) is 9.10. The molecule has 1 N–H and O–H groups in total. The predicted octanol–water partition coefficient (Wildman–Crippen LogP) is 0.965. The van der Waals surface area contributed by atoms with E-state index in [4.69, 9.17) is 0 Å². The van der Waals surface area contributed by atoms with Gasteiger partial charge < -0.3 is 5.32 Å². The molecule has 27 heavy (non-hydrogen) atoms. The topological polar surface area (TPSA) is 97.2 Å². The number of carbonyl (C=O) groups is 1. The number of carbonyl (C=O) groups excluding carboxylic acids is 1.